The molecule has 1 amide bonds. The van der Waals surface area contributed by atoms with E-state index in [0.717, 1.165) is 24.8 Å². The van der Waals surface area contributed by atoms with Crippen LogP contribution in [0.3, 0.4) is 0 Å². The van der Waals surface area contributed by atoms with Crippen LogP contribution >= 0.6 is 0 Å². The second-order valence-corrected chi connectivity index (χ2v) is 5.19. The lowest BCUT2D eigenvalue weighted by Crippen LogP contribution is -2.53. The monoisotopic (exact) mass is 273 g/mol. The van der Waals surface area contributed by atoms with Crippen molar-refractivity contribution in [1.82, 2.24) is 5.32 Å². The van der Waals surface area contributed by atoms with Gasteiger partial charge in [0, 0.05) is 0 Å². The Balaban J connectivity index is 2.17. The van der Waals surface area contributed by atoms with Gasteiger partial charge in [0.15, 0.2) is 0 Å². The maximum Gasteiger partial charge on any atom is 0.326 e. The molecular formula is C16H19NO3. The number of amides is 1. The molecule has 1 atom stereocenters. The maximum absolute atomic E-state index is 12.5. The molecule has 1 saturated carbocycles. The lowest BCUT2D eigenvalue weighted by Gasteiger charge is -2.41. The van der Waals surface area contributed by atoms with E-state index in [1.807, 2.05) is 30.3 Å². The van der Waals surface area contributed by atoms with Crippen LogP contribution in [0.2, 0.25) is 0 Å². The Morgan fingerprint density at radius 2 is 2.00 bits per heavy atom. The summed E-state index contributed by atoms with van der Waals surface area (Å²) in [6, 6.07) is 8.68. The van der Waals surface area contributed by atoms with Crippen molar-refractivity contribution in [2.45, 2.75) is 37.1 Å². The van der Waals surface area contributed by atoms with E-state index in [1.54, 1.807) is 0 Å². The summed E-state index contributed by atoms with van der Waals surface area (Å²) in [6.07, 6.45) is 4.26. The van der Waals surface area contributed by atoms with Crippen LogP contribution in [0.15, 0.2) is 43.0 Å². The normalized spacial score (nSPS) is 17.6. The summed E-state index contributed by atoms with van der Waals surface area (Å²) < 4.78 is 0. The number of aliphatic carboxylic acids is 1. The zero-order valence-corrected chi connectivity index (χ0v) is 11.3. The second-order valence-electron chi connectivity index (χ2n) is 5.19. The molecule has 1 aliphatic carbocycles. The van der Waals surface area contributed by atoms with Gasteiger partial charge in [-0.2, -0.15) is 0 Å². The molecule has 1 unspecified atom stereocenters. The highest BCUT2D eigenvalue weighted by Crippen LogP contribution is 2.43. The largest absolute Gasteiger partial charge is 0.480 e. The van der Waals surface area contributed by atoms with Crippen molar-refractivity contribution in [3.63, 3.8) is 0 Å². The predicted molar refractivity (Wildman–Crippen MR) is 76.4 cm³/mol. The van der Waals surface area contributed by atoms with Crippen LogP contribution in [0.5, 0.6) is 0 Å². The van der Waals surface area contributed by atoms with Crippen molar-refractivity contribution >= 4 is 11.9 Å². The highest BCUT2D eigenvalue weighted by Gasteiger charge is 2.46. The summed E-state index contributed by atoms with van der Waals surface area (Å²) in [5.41, 5.74) is 0.405. The standard InChI is InChI=1S/C16H19NO3/c1-2-7-13(14(18)19)17-15(20)16(10-6-11-16)12-8-4-3-5-9-12/h2-5,8-9,13H,1,6-7,10-11H2,(H,17,20)(H,18,19). The summed E-state index contributed by atoms with van der Waals surface area (Å²) in [5.74, 6) is -1.22. The number of rotatable bonds is 6. The van der Waals surface area contributed by atoms with Gasteiger partial charge in [-0.25, -0.2) is 4.79 Å². The minimum atomic E-state index is -1.03. The molecular weight excluding hydrogens is 254 g/mol. The van der Waals surface area contributed by atoms with E-state index in [2.05, 4.69) is 11.9 Å². The topological polar surface area (TPSA) is 66.4 Å². The van der Waals surface area contributed by atoms with Gasteiger partial charge in [-0.15, -0.1) is 6.58 Å². The van der Waals surface area contributed by atoms with E-state index in [4.69, 9.17) is 5.11 Å². The van der Waals surface area contributed by atoms with Crippen LogP contribution in [-0.2, 0) is 15.0 Å². The van der Waals surface area contributed by atoms with Crippen LogP contribution in [0.25, 0.3) is 0 Å². The predicted octanol–water partition coefficient (Wildman–Crippen LogP) is 2.25. The highest BCUT2D eigenvalue weighted by molar-refractivity contribution is 5.92. The Bertz CT molecular complexity index is 506. The zero-order valence-electron chi connectivity index (χ0n) is 11.3. The summed E-state index contributed by atoms with van der Waals surface area (Å²) in [4.78, 5) is 23.7. The molecule has 0 aromatic heterocycles. The third-order valence-electron chi connectivity index (χ3n) is 3.97. The first-order valence-corrected chi connectivity index (χ1v) is 6.80. The number of carboxylic acids is 1. The van der Waals surface area contributed by atoms with E-state index in [1.165, 1.54) is 6.08 Å². The van der Waals surface area contributed by atoms with Gasteiger partial charge >= 0.3 is 5.97 Å². The Morgan fingerprint density at radius 3 is 2.45 bits per heavy atom. The van der Waals surface area contributed by atoms with E-state index >= 15 is 0 Å². The summed E-state index contributed by atoms with van der Waals surface area (Å²) in [5, 5.41) is 11.8. The van der Waals surface area contributed by atoms with Gasteiger partial charge in [-0.1, -0.05) is 42.8 Å². The first-order valence-electron chi connectivity index (χ1n) is 6.80. The quantitative estimate of drug-likeness (QED) is 0.781. The van der Waals surface area contributed by atoms with Gasteiger partial charge in [0.1, 0.15) is 6.04 Å². The number of benzene rings is 1. The first kappa shape index (κ1) is 14.3. The lowest BCUT2D eigenvalue weighted by atomic mass is 9.63. The van der Waals surface area contributed by atoms with Gasteiger partial charge in [0.2, 0.25) is 5.91 Å². The Kier molecular flexibility index (Phi) is 4.23. The van der Waals surface area contributed by atoms with Gasteiger partial charge in [0.25, 0.3) is 0 Å². The van der Waals surface area contributed by atoms with Gasteiger partial charge in [-0.05, 0) is 24.8 Å². The molecule has 4 heteroatoms. The minimum absolute atomic E-state index is 0.191. The van der Waals surface area contributed by atoms with Gasteiger partial charge in [-0.3, -0.25) is 4.79 Å². The number of carbonyl (C=O) groups excluding carboxylic acids is 1. The summed E-state index contributed by atoms with van der Waals surface area (Å²) >= 11 is 0. The number of nitrogens with one attached hydrogen (secondary N) is 1. The van der Waals surface area contributed by atoms with E-state index < -0.39 is 17.4 Å². The molecule has 106 valence electrons. The van der Waals surface area contributed by atoms with Crippen LogP contribution in [0, 0.1) is 0 Å². The van der Waals surface area contributed by atoms with Crippen molar-refractivity contribution in [2.75, 3.05) is 0 Å². The van der Waals surface area contributed by atoms with Crippen molar-refractivity contribution in [1.29, 1.82) is 0 Å². The molecule has 20 heavy (non-hydrogen) atoms. The average molecular weight is 273 g/mol. The lowest BCUT2D eigenvalue weighted by molar-refractivity contribution is -0.143. The molecule has 0 aliphatic heterocycles. The van der Waals surface area contributed by atoms with E-state index in [-0.39, 0.29) is 12.3 Å². The third-order valence-corrected chi connectivity index (χ3v) is 3.97. The summed E-state index contributed by atoms with van der Waals surface area (Å²) in [7, 11) is 0. The Hall–Kier alpha value is -2.10. The molecule has 1 aliphatic rings. The SMILES string of the molecule is C=CCC(NC(=O)C1(c2ccccc2)CCC1)C(=O)O. The number of hydrogen-bond acceptors (Lipinski definition) is 2. The minimum Gasteiger partial charge on any atom is -0.480 e. The number of carboxylic acid groups (broad SMARTS) is 1. The molecule has 2 N–H and O–H groups in total. The second kappa shape index (κ2) is 5.90. The Labute approximate surface area is 118 Å². The Morgan fingerprint density at radius 1 is 1.35 bits per heavy atom. The molecule has 0 bridgehead atoms. The molecule has 0 saturated heterocycles. The maximum atomic E-state index is 12.5. The summed E-state index contributed by atoms with van der Waals surface area (Å²) in [6.45, 7) is 3.53. The molecule has 0 radical (unpaired) electrons. The van der Waals surface area contributed by atoms with E-state index in [0.29, 0.717) is 0 Å². The fourth-order valence-corrected chi connectivity index (χ4v) is 2.62. The third kappa shape index (κ3) is 2.59. The number of hydrogen-bond donors (Lipinski definition) is 2. The average Bonchev–Trinajstić information content (AvgIpc) is 2.38. The van der Waals surface area contributed by atoms with Crippen LogP contribution < -0.4 is 5.32 Å². The fourth-order valence-electron chi connectivity index (χ4n) is 2.62. The van der Waals surface area contributed by atoms with E-state index in [9.17, 15) is 9.59 Å². The molecule has 2 rings (SSSR count). The van der Waals surface area contributed by atoms with Crippen molar-refractivity contribution in [3.8, 4) is 0 Å². The molecule has 0 spiro atoms. The zero-order chi connectivity index (χ0) is 14.6. The molecule has 0 heterocycles. The molecule has 1 fully saturated rings. The van der Waals surface area contributed by atoms with Crippen LogP contribution in [-0.4, -0.2) is 23.0 Å². The highest BCUT2D eigenvalue weighted by atomic mass is 16.4. The van der Waals surface area contributed by atoms with Gasteiger partial charge < -0.3 is 10.4 Å². The number of carbonyl (C=O) groups is 2. The molecule has 1 aromatic carbocycles. The van der Waals surface area contributed by atoms with Crippen molar-refractivity contribution in [3.05, 3.63) is 48.6 Å². The van der Waals surface area contributed by atoms with Crippen molar-refractivity contribution < 1.29 is 14.7 Å². The fraction of sp³-hybridized carbons (Fsp3) is 0.375. The van der Waals surface area contributed by atoms with Crippen LogP contribution in [0.4, 0.5) is 0 Å². The molecule has 1 aromatic rings. The molecule has 4 nitrogen and oxygen atoms in total. The first-order chi connectivity index (χ1) is 9.60. The van der Waals surface area contributed by atoms with Crippen LogP contribution in [0.1, 0.15) is 31.2 Å². The van der Waals surface area contributed by atoms with Crippen molar-refractivity contribution in [2.24, 2.45) is 0 Å². The smallest absolute Gasteiger partial charge is 0.326 e. The van der Waals surface area contributed by atoms with Gasteiger partial charge in [0.05, 0.1) is 5.41 Å².